The maximum atomic E-state index is 8.59. The second-order valence-corrected chi connectivity index (χ2v) is 3.80. The topological polar surface area (TPSA) is 74.7 Å². The van der Waals surface area contributed by atoms with Gasteiger partial charge in [0.2, 0.25) is 0 Å². The second kappa shape index (κ2) is 5.18. The van der Waals surface area contributed by atoms with E-state index in [9.17, 15) is 0 Å². The van der Waals surface area contributed by atoms with Crippen LogP contribution in [0.3, 0.4) is 0 Å². The molecule has 0 bridgehead atoms. The Balaban J connectivity index is 2.25. The van der Waals surface area contributed by atoms with Crippen molar-refractivity contribution in [2.45, 2.75) is 0 Å². The Hall–Kier alpha value is -2.56. The van der Waals surface area contributed by atoms with Crippen LogP contribution in [0.4, 0.5) is 11.4 Å². The minimum atomic E-state index is 0.105. The van der Waals surface area contributed by atoms with Crippen molar-refractivity contribution < 1.29 is 5.21 Å². The molecule has 0 saturated heterocycles. The molecule has 0 unspecified atom stereocenters. The minimum Gasteiger partial charge on any atom is -0.409 e. The molecule has 0 aliphatic rings. The number of nitrogens with two attached hydrogens (primary N) is 1. The summed E-state index contributed by atoms with van der Waals surface area (Å²) in [5.74, 6) is 0.105. The average molecular weight is 242 g/mol. The van der Waals surface area contributed by atoms with Crippen molar-refractivity contribution in [3.63, 3.8) is 0 Å². The summed E-state index contributed by atoms with van der Waals surface area (Å²) >= 11 is 0. The molecular formula is C13H14N4O. The van der Waals surface area contributed by atoms with Crippen molar-refractivity contribution in [2.24, 2.45) is 10.9 Å². The van der Waals surface area contributed by atoms with Crippen LogP contribution in [-0.4, -0.2) is 23.1 Å². The van der Waals surface area contributed by atoms with E-state index in [1.165, 1.54) is 0 Å². The fourth-order valence-electron chi connectivity index (χ4n) is 1.63. The molecule has 0 atom stereocenters. The molecule has 3 N–H and O–H groups in total. The van der Waals surface area contributed by atoms with Crippen molar-refractivity contribution in [1.82, 2.24) is 4.98 Å². The number of pyridine rings is 1. The average Bonchev–Trinajstić information content (AvgIpc) is 2.47. The molecule has 0 amide bonds. The highest BCUT2D eigenvalue weighted by Gasteiger charge is 2.04. The number of nitrogens with zero attached hydrogens (tertiary/aromatic N) is 3. The third kappa shape index (κ3) is 2.40. The predicted octanol–water partition coefficient (Wildman–Crippen LogP) is 1.94. The van der Waals surface area contributed by atoms with Crippen molar-refractivity contribution in [3.8, 4) is 0 Å². The van der Waals surface area contributed by atoms with Crippen LogP contribution in [0.15, 0.2) is 53.9 Å². The molecule has 0 spiro atoms. The molecule has 2 rings (SSSR count). The quantitative estimate of drug-likeness (QED) is 0.373. The Morgan fingerprint density at radius 1 is 1.11 bits per heavy atom. The number of hydrogen-bond acceptors (Lipinski definition) is 4. The van der Waals surface area contributed by atoms with Gasteiger partial charge in [-0.15, -0.1) is 0 Å². The smallest absolute Gasteiger partial charge is 0.170 e. The molecule has 5 nitrogen and oxygen atoms in total. The summed E-state index contributed by atoms with van der Waals surface area (Å²) in [5, 5.41) is 11.6. The molecule has 0 radical (unpaired) electrons. The van der Waals surface area contributed by atoms with E-state index >= 15 is 0 Å². The Bertz CT molecular complexity index is 537. The molecule has 18 heavy (non-hydrogen) atoms. The Labute approximate surface area is 105 Å². The van der Waals surface area contributed by atoms with Crippen LogP contribution >= 0.6 is 0 Å². The Morgan fingerprint density at radius 3 is 2.22 bits per heavy atom. The van der Waals surface area contributed by atoms with E-state index in [1.807, 2.05) is 48.3 Å². The standard InChI is InChI=1S/C13H14N4O/c1-17(12-6-8-15-9-7-12)11-4-2-10(3-5-11)13(14)16-18/h2-9,18H,1H3,(H2,14,16). The number of oxime groups is 1. The second-order valence-electron chi connectivity index (χ2n) is 3.80. The first-order chi connectivity index (χ1) is 8.72. The highest BCUT2D eigenvalue weighted by Crippen LogP contribution is 2.22. The third-order valence-electron chi connectivity index (χ3n) is 2.71. The zero-order valence-corrected chi connectivity index (χ0v) is 9.99. The molecule has 0 aliphatic heterocycles. The highest BCUT2D eigenvalue weighted by atomic mass is 16.4. The fraction of sp³-hybridized carbons (Fsp3) is 0.0769. The first-order valence-corrected chi connectivity index (χ1v) is 5.44. The zero-order valence-electron chi connectivity index (χ0n) is 9.99. The van der Waals surface area contributed by atoms with Gasteiger partial charge in [-0.05, 0) is 36.4 Å². The summed E-state index contributed by atoms with van der Waals surface area (Å²) in [6.07, 6.45) is 3.49. The number of aromatic nitrogens is 1. The summed E-state index contributed by atoms with van der Waals surface area (Å²) in [7, 11) is 1.97. The van der Waals surface area contributed by atoms with Crippen LogP contribution in [0.2, 0.25) is 0 Å². The monoisotopic (exact) mass is 242 g/mol. The van der Waals surface area contributed by atoms with Crippen LogP contribution in [0.1, 0.15) is 5.56 Å². The zero-order chi connectivity index (χ0) is 13.0. The van der Waals surface area contributed by atoms with Crippen molar-refractivity contribution in [2.75, 3.05) is 11.9 Å². The Kier molecular flexibility index (Phi) is 3.43. The van der Waals surface area contributed by atoms with E-state index < -0.39 is 0 Å². The lowest BCUT2D eigenvalue weighted by atomic mass is 10.2. The van der Waals surface area contributed by atoms with Gasteiger partial charge < -0.3 is 15.8 Å². The van der Waals surface area contributed by atoms with Gasteiger partial charge in [0, 0.05) is 36.4 Å². The lowest BCUT2D eigenvalue weighted by molar-refractivity contribution is 0.318. The maximum absolute atomic E-state index is 8.59. The van der Waals surface area contributed by atoms with Crippen LogP contribution in [0, 0.1) is 0 Å². The van der Waals surface area contributed by atoms with Crippen molar-refractivity contribution in [3.05, 3.63) is 54.4 Å². The normalized spacial score (nSPS) is 11.3. The number of rotatable bonds is 3. The fourth-order valence-corrected chi connectivity index (χ4v) is 1.63. The van der Waals surface area contributed by atoms with Crippen molar-refractivity contribution in [1.29, 1.82) is 0 Å². The van der Waals surface area contributed by atoms with Crippen LogP contribution < -0.4 is 10.6 Å². The summed E-state index contributed by atoms with van der Waals surface area (Å²) in [6, 6.07) is 11.3. The van der Waals surface area contributed by atoms with Crippen molar-refractivity contribution >= 4 is 17.2 Å². The van der Waals surface area contributed by atoms with Crippen LogP contribution in [-0.2, 0) is 0 Å². The number of anilines is 2. The van der Waals surface area contributed by atoms with Gasteiger partial charge in [-0.1, -0.05) is 5.16 Å². The van der Waals surface area contributed by atoms with Gasteiger partial charge >= 0.3 is 0 Å². The van der Waals surface area contributed by atoms with Gasteiger partial charge in [-0.25, -0.2) is 0 Å². The third-order valence-corrected chi connectivity index (χ3v) is 2.71. The largest absolute Gasteiger partial charge is 0.409 e. The Morgan fingerprint density at radius 2 is 1.67 bits per heavy atom. The van der Waals surface area contributed by atoms with E-state index in [4.69, 9.17) is 10.9 Å². The lowest BCUT2D eigenvalue weighted by Crippen LogP contribution is -2.14. The first-order valence-electron chi connectivity index (χ1n) is 5.44. The first kappa shape index (κ1) is 11.9. The highest BCUT2D eigenvalue weighted by molar-refractivity contribution is 5.97. The summed E-state index contributed by atoms with van der Waals surface area (Å²) < 4.78 is 0. The molecule has 1 aromatic carbocycles. The van der Waals surface area contributed by atoms with E-state index in [-0.39, 0.29) is 5.84 Å². The molecule has 92 valence electrons. The van der Waals surface area contributed by atoms with Gasteiger partial charge in [0.1, 0.15) is 0 Å². The molecule has 1 aromatic heterocycles. The van der Waals surface area contributed by atoms with Gasteiger partial charge in [0.25, 0.3) is 0 Å². The van der Waals surface area contributed by atoms with Crippen LogP contribution in [0.25, 0.3) is 0 Å². The van der Waals surface area contributed by atoms with E-state index in [1.54, 1.807) is 12.4 Å². The summed E-state index contributed by atoms with van der Waals surface area (Å²) in [5.41, 5.74) is 8.25. The lowest BCUT2D eigenvalue weighted by Gasteiger charge is -2.19. The molecule has 1 heterocycles. The van der Waals surface area contributed by atoms with E-state index in [2.05, 4.69) is 10.1 Å². The van der Waals surface area contributed by atoms with E-state index in [0.29, 0.717) is 5.56 Å². The molecular weight excluding hydrogens is 228 g/mol. The molecule has 2 aromatic rings. The summed E-state index contributed by atoms with van der Waals surface area (Å²) in [6.45, 7) is 0. The minimum absolute atomic E-state index is 0.105. The number of hydrogen-bond donors (Lipinski definition) is 2. The number of benzene rings is 1. The van der Waals surface area contributed by atoms with E-state index in [0.717, 1.165) is 11.4 Å². The van der Waals surface area contributed by atoms with Gasteiger partial charge in [0.15, 0.2) is 5.84 Å². The maximum Gasteiger partial charge on any atom is 0.170 e. The molecule has 0 aliphatic carbocycles. The molecule has 0 fully saturated rings. The van der Waals surface area contributed by atoms with Gasteiger partial charge in [-0.3, -0.25) is 4.98 Å². The van der Waals surface area contributed by atoms with Gasteiger partial charge in [-0.2, -0.15) is 0 Å². The summed E-state index contributed by atoms with van der Waals surface area (Å²) in [4.78, 5) is 6.01. The SMILES string of the molecule is CN(c1ccncc1)c1ccc(C(N)=NO)cc1. The number of amidine groups is 1. The van der Waals surface area contributed by atoms with Gasteiger partial charge in [0.05, 0.1) is 0 Å². The predicted molar refractivity (Wildman–Crippen MR) is 71.3 cm³/mol. The molecule has 0 saturated carbocycles. The molecule has 5 heteroatoms. The van der Waals surface area contributed by atoms with Crippen LogP contribution in [0.5, 0.6) is 0 Å².